The summed E-state index contributed by atoms with van der Waals surface area (Å²) < 4.78 is 39.2. The highest BCUT2D eigenvalue weighted by Crippen LogP contribution is 2.43. The number of nitrogens with one attached hydrogen (secondary N) is 1. The second kappa shape index (κ2) is 7.39. The number of nitrogens with zero attached hydrogens (tertiary/aromatic N) is 2. The summed E-state index contributed by atoms with van der Waals surface area (Å²) in [5.41, 5.74) is -1.09. The van der Waals surface area contributed by atoms with Crippen LogP contribution in [0, 0.1) is 10.1 Å². The Bertz CT molecular complexity index is 917. The molecule has 0 bridgehead atoms. The lowest BCUT2D eigenvalue weighted by molar-refractivity contribution is -0.388. The van der Waals surface area contributed by atoms with Gasteiger partial charge in [-0.15, -0.1) is 0 Å². The van der Waals surface area contributed by atoms with Crippen LogP contribution in [0.15, 0.2) is 52.4 Å². The van der Waals surface area contributed by atoms with Gasteiger partial charge in [0.2, 0.25) is 0 Å². The van der Waals surface area contributed by atoms with Gasteiger partial charge in [-0.2, -0.15) is 13.2 Å². The number of hydrogen-bond acceptors (Lipinski definition) is 5. The Morgan fingerprint density at radius 2 is 1.96 bits per heavy atom. The Balaban J connectivity index is 2.02. The van der Waals surface area contributed by atoms with Crippen LogP contribution < -0.4 is 5.32 Å². The first kappa shape index (κ1) is 18.9. The van der Waals surface area contributed by atoms with Crippen molar-refractivity contribution >= 4 is 28.9 Å². The summed E-state index contributed by atoms with van der Waals surface area (Å²) in [5, 5.41) is 14.3. The molecule has 2 aromatic rings. The molecule has 1 aliphatic heterocycles. The van der Waals surface area contributed by atoms with Crippen LogP contribution in [-0.2, 0) is 17.5 Å². The molecule has 0 amide bonds. The van der Waals surface area contributed by atoms with Gasteiger partial charge in [0.25, 0.3) is 5.69 Å². The standard InChI is InChI=1S/C17H12F3N3O3S/c18-17(19,20)11-6-12-13(9-24)22-16(21-8-10-4-2-1-3-5-10)27-15(12)14(7-11)23(25)26/h1-7,9,13H,8H2,(H,21,22). The number of carbonyl (C=O) groups excluding carboxylic acids is 1. The van der Waals surface area contributed by atoms with Gasteiger partial charge >= 0.3 is 6.18 Å². The Kier molecular flexibility index (Phi) is 5.17. The lowest BCUT2D eigenvalue weighted by Crippen LogP contribution is -2.32. The van der Waals surface area contributed by atoms with Crippen LogP contribution in [0.3, 0.4) is 0 Å². The third kappa shape index (κ3) is 4.11. The molecule has 6 nitrogen and oxygen atoms in total. The first-order valence-corrected chi connectivity index (χ1v) is 8.49. The molecule has 1 atom stereocenters. The number of nitro benzene ring substituents is 1. The predicted molar refractivity (Wildman–Crippen MR) is 93.5 cm³/mol. The van der Waals surface area contributed by atoms with Gasteiger partial charge in [-0.3, -0.25) is 15.1 Å². The van der Waals surface area contributed by atoms with Crippen molar-refractivity contribution in [3.05, 3.63) is 69.3 Å². The van der Waals surface area contributed by atoms with Gasteiger partial charge in [0.1, 0.15) is 12.3 Å². The van der Waals surface area contributed by atoms with Gasteiger partial charge in [-0.1, -0.05) is 30.3 Å². The largest absolute Gasteiger partial charge is 0.416 e. The van der Waals surface area contributed by atoms with E-state index in [1.54, 1.807) is 0 Å². The van der Waals surface area contributed by atoms with Crippen molar-refractivity contribution in [3.8, 4) is 0 Å². The molecule has 0 saturated carbocycles. The minimum absolute atomic E-state index is 0.0179. The van der Waals surface area contributed by atoms with E-state index < -0.39 is 28.4 Å². The number of aliphatic imine (C=N–C) groups is 1. The average Bonchev–Trinajstić information content (AvgIpc) is 2.64. The van der Waals surface area contributed by atoms with Crippen LogP contribution >= 0.6 is 11.8 Å². The number of rotatable bonds is 4. The zero-order valence-electron chi connectivity index (χ0n) is 13.6. The van der Waals surface area contributed by atoms with Crippen molar-refractivity contribution in [1.29, 1.82) is 0 Å². The monoisotopic (exact) mass is 395 g/mol. The fraction of sp³-hybridized carbons (Fsp3) is 0.176. The van der Waals surface area contributed by atoms with Crippen LogP contribution in [0.2, 0.25) is 0 Å². The number of benzene rings is 2. The molecule has 1 unspecified atom stereocenters. The van der Waals surface area contributed by atoms with E-state index in [0.717, 1.165) is 23.4 Å². The van der Waals surface area contributed by atoms with E-state index in [0.29, 0.717) is 12.4 Å². The van der Waals surface area contributed by atoms with Gasteiger partial charge in [0.05, 0.1) is 21.9 Å². The predicted octanol–water partition coefficient (Wildman–Crippen LogP) is 4.11. The summed E-state index contributed by atoms with van der Waals surface area (Å²) in [7, 11) is 0. The number of aldehydes is 1. The maximum absolute atomic E-state index is 13.1. The first-order valence-electron chi connectivity index (χ1n) is 7.67. The third-order valence-electron chi connectivity index (χ3n) is 3.82. The molecule has 10 heteroatoms. The minimum atomic E-state index is -4.76. The van der Waals surface area contributed by atoms with Crippen molar-refractivity contribution in [3.63, 3.8) is 0 Å². The minimum Gasteiger partial charge on any atom is -0.351 e. The number of halogens is 3. The highest BCUT2D eigenvalue weighted by molar-refractivity contribution is 8.14. The van der Waals surface area contributed by atoms with E-state index in [1.807, 2.05) is 30.3 Å². The zero-order chi connectivity index (χ0) is 19.6. The molecular formula is C17H12F3N3O3S. The summed E-state index contributed by atoms with van der Waals surface area (Å²) >= 11 is 0.841. The number of fused-ring (bicyclic) bond motifs is 1. The van der Waals surface area contributed by atoms with E-state index in [1.165, 1.54) is 0 Å². The number of amidine groups is 1. The zero-order valence-corrected chi connectivity index (χ0v) is 14.4. The maximum atomic E-state index is 13.1. The molecular weight excluding hydrogens is 383 g/mol. The van der Waals surface area contributed by atoms with Gasteiger partial charge in [-0.25, -0.2) is 0 Å². The first-order chi connectivity index (χ1) is 12.8. The maximum Gasteiger partial charge on any atom is 0.416 e. The smallest absolute Gasteiger partial charge is 0.351 e. The van der Waals surface area contributed by atoms with Crippen LogP contribution in [0.25, 0.3) is 0 Å². The molecule has 0 fully saturated rings. The molecule has 0 spiro atoms. The number of carbonyl (C=O) groups is 1. The molecule has 0 aromatic heterocycles. The summed E-state index contributed by atoms with van der Waals surface area (Å²) in [6.45, 7) is 0.255. The van der Waals surface area contributed by atoms with Gasteiger partial charge in [-0.05, 0) is 23.4 Å². The number of nitro groups is 1. The highest BCUT2D eigenvalue weighted by Gasteiger charge is 2.38. The van der Waals surface area contributed by atoms with Gasteiger partial charge in [0.15, 0.2) is 5.17 Å². The van der Waals surface area contributed by atoms with E-state index >= 15 is 0 Å². The average molecular weight is 395 g/mol. The third-order valence-corrected chi connectivity index (χ3v) is 4.91. The van der Waals surface area contributed by atoms with E-state index in [9.17, 15) is 28.1 Å². The van der Waals surface area contributed by atoms with Gasteiger partial charge < -0.3 is 10.1 Å². The lowest BCUT2D eigenvalue weighted by Gasteiger charge is -2.25. The van der Waals surface area contributed by atoms with Crippen molar-refractivity contribution in [2.45, 2.75) is 23.7 Å². The number of hydrogen-bond donors (Lipinski definition) is 1. The topological polar surface area (TPSA) is 84.6 Å². The quantitative estimate of drug-likeness (QED) is 0.479. The van der Waals surface area contributed by atoms with Crippen molar-refractivity contribution in [2.75, 3.05) is 0 Å². The molecule has 3 rings (SSSR count). The van der Waals surface area contributed by atoms with E-state index in [2.05, 4.69) is 10.3 Å². The fourth-order valence-corrected chi connectivity index (χ4v) is 3.60. The molecule has 140 valence electrons. The van der Waals surface area contributed by atoms with E-state index in [-0.39, 0.29) is 22.2 Å². The van der Waals surface area contributed by atoms with Crippen molar-refractivity contribution in [2.24, 2.45) is 4.99 Å². The highest BCUT2D eigenvalue weighted by atomic mass is 32.2. The van der Waals surface area contributed by atoms with Crippen molar-refractivity contribution in [1.82, 2.24) is 5.32 Å². The molecule has 0 saturated heterocycles. The van der Waals surface area contributed by atoms with Crippen LogP contribution in [0.4, 0.5) is 18.9 Å². The van der Waals surface area contributed by atoms with E-state index in [4.69, 9.17) is 0 Å². The van der Waals surface area contributed by atoms with Crippen LogP contribution in [0.1, 0.15) is 22.7 Å². The second-order valence-corrected chi connectivity index (χ2v) is 6.63. The van der Waals surface area contributed by atoms with Crippen molar-refractivity contribution < 1.29 is 22.9 Å². The summed E-state index contributed by atoms with van der Waals surface area (Å²) in [6.07, 6.45) is -4.36. The molecule has 1 heterocycles. The molecule has 0 radical (unpaired) electrons. The Labute approximate surface area is 155 Å². The SMILES string of the molecule is O=CC1NC(=NCc2ccccc2)Sc2c1cc(C(F)(F)F)cc2[N+](=O)[O-]. The number of thioether (sulfide) groups is 1. The number of alkyl halides is 3. The van der Waals surface area contributed by atoms with Crippen LogP contribution in [-0.4, -0.2) is 16.4 Å². The summed E-state index contributed by atoms with van der Waals surface area (Å²) in [4.78, 5) is 26.1. The second-order valence-electron chi connectivity index (χ2n) is 5.64. The molecule has 2 aromatic carbocycles. The molecule has 1 N–H and O–H groups in total. The Hall–Kier alpha value is -2.88. The van der Waals surface area contributed by atoms with Gasteiger partial charge in [0, 0.05) is 11.6 Å². The van der Waals surface area contributed by atoms with Crippen LogP contribution in [0.5, 0.6) is 0 Å². The molecule has 1 aliphatic rings. The summed E-state index contributed by atoms with van der Waals surface area (Å²) in [6, 6.07) is 9.24. The normalized spacial score (nSPS) is 17.9. The fourth-order valence-electron chi connectivity index (χ4n) is 2.55. The lowest BCUT2D eigenvalue weighted by atomic mass is 10.0. The summed E-state index contributed by atoms with van der Waals surface area (Å²) in [5.74, 6) is 0. The Morgan fingerprint density at radius 1 is 1.26 bits per heavy atom. The molecule has 27 heavy (non-hydrogen) atoms. The Morgan fingerprint density at radius 3 is 2.56 bits per heavy atom. The molecule has 0 aliphatic carbocycles.